The van der Waals surface area contributed by atoms with Gasteiger partial charge in [-0.3, -0.25) is 19.7 Å². The molecule has 0 aliphatic heterocycles. The van der Waals surface area contributed by atoms with Gasteiger partial charge in [-0.1, -0.05) is 11.6 Å². The number of rotatable bonds is 6. The van der Waals surface area contributed by atoms with Gasteiger partial charge in [0.15, 0.2) is 0 Å². The molecular formula is C14H18ClN3O4. The summed E-state index contributed by atoms with van der Waals surface area (Å²) in [6, 6.07) is 3.78. The van der Waals surface area contributed by atoms with Crippen LogP contribution < -0.4 is 5.32 Å². The van der Waals surface area contributed by atoms with Gasteiger partial charge in [-0.05, 0) is 32.9 Å². The van der Waals surface area contributed by atoms with Gasteiger partial charge in [-0.25, -0.2) is 0 Å². The van der Waals surface area contributed by atoms with Gasteiger partial charge in [-0.15, -0.1) is 0 Å². The molecule has 0 unspecified atom stereocenters. The highest BCUT2D eigenvalue weighted by atomic mass is 35.5. The number of nitro groups is 1. The fraction of sp³-hybridized carbons (Fsp3) is 0.429. The molecule has 0 atom stereocenters. The standard InChI is InChI=1S/C14H18ClN3O4/c1-4-17(8-13(19)16-9(2)3)14(20)11-6-5-10(15)7-12(11)18(21)22/h5-7,9H,4,8H2,1-3H3,(H,16,19). The Balaban J connectivity index is 3.02. The third-order valence-electron chi connectivity index (χ3n) is 2.84. The monoisotopic (exact) mass is 327 g/mol. The zero-order valence-corrected chi connectivity index (χ0v) is 13.4. The number of hydrogen-bond acceptors (Lipinski definition) is 4. The SMILES string of the molecule is CCN(CC(=O)NC(C)C)C(=O)c1ccc(Cl)cc1[N+](=O)[O-]. The van der Waals surface area contributed by atoms with E-state index in [0.29, 0.717) is 0 Å². The van der Waals surface area contributed by atoms with Gasteiger partial charge in [0.2, 0.25) is 5.91 Å². The third-order valence-corrected chi connectivity index (χ3v) is 3.08. The Labute approximate surface area is 133 Å². The highest BCUT2D eigenvalue weighted by molar-refractivity contribution is 6.31. The molecule has 0 spiro atoms. The van der Waals surface area contributed by atoms with Gasteiger partial charge in [0, 0.05) is 23.7 Å². The molecule has 0 saturated heterocycles. The van der Waals surface area contributed by atoms with Crippen molar-refractivity contribution in [3.05, 3.63) is 38.9 Å². The van der Waals surface area contributed by atoms with Crippen LogP contribution in [0.15, 0.2) is 18.2 Å². The van der Waals surface area contributed by atoms with E-state index in [1.54, 1.807) is 20.8 Å². The van der Waals surface area contributed by atoms with E-state index >= 15 is 0 Å². The van der Waals surface area contributed by atoms with Crippen molar-refractivity contribution in [3.8, 4) is 0 Å². The third kappa shape index (κ3) is 4.70. The number of nitrogens with zero attached hydrogens (tertiary/aromatic N) is 2. The van der Waals surface area contributed by atoms with Crippen LogP contribution in [-0.2, 0) is 4.79 Å². The summed E-state index contributed by atoms with van der Waals surface area (Å²) in [7, 11) is 0. The first kappa shape index (κ1) is 17.9. The van der Waals surface area contributed by atoms with E-state index in [4.69, 9.17) is 11.6 Å². The lowest BCUT2D eigenvalue weighted by atomic mass is 10.1. The van der Waals surface area contributed by atoms with E-state index in [2.05, 4.69) is 5.32 Å². The fourth-order valence-corrected chi connectivity index (χ4v) is 2.04. The highest BCUT2D eigenvalue weighted by Crippen LogP contribution is 2.24. The van der Waals surface area contributed by atoms with Gasteiger partial charge in [0.05, 0.1) is 11.5 Å². The van der Waals surface area contributed by atoms with Crippen LogP contribution in [0.2, 0.25) is 5.02 Å². The van der Waals surface area contributed by atoms with Crippen molar-refractivity contribution in [2.24, 2.45) is 0 Å². The van der Waals surface area contributed by atoms with E-state index in [-0.39, 0.29) is 41.3 Å². The quantitative estimate of drug-likeness (QED) is 0.640. The number of carbonyl (C=O) groups excluding carboxylic acids is 2. The van der Waals surface area contributed by atoms with Gasteiger partial charge < -0.3 is 10.2 Å². The summed E-state index contributed by atoms with van der Waals surface area (Å²) in [5.41, 5.74) is -0.464. The Bertz CT molecular complexity index is 589. The summed E-state index contributed by atoms with van der Waals surface area (Å²) in [4.78, 5) is 35.8. The van der Waals surface area contributed by atoms with Gasteiger partial charge >= 0.3 is 0 Å². The van der Waals surface area contributed by atoms with Crippen LogP contribution in [0, 0.1) is 10.1 Å². The normalized spacial score (nSPS) is 10.4. The second-order valence-electron chi connectivity index (χ2n) is 4.96. The zero-order valence-electron chi connectivity index (χ0n) is 12.6. The van der Waals surface area contributed by atoms with Crippen molar-refractivity contribution >= 4 is 29.1 Å². The summed E-state index contributed by atoms with van der Waals surface area (Å²) in [6.45, 7) is 5.40. The predicted octanol–water partition coefficient (Wildman–Crippen LogP) is 2.23. The second-order valence-corrected chi connectivity index (χ2v) is 5.40. The molecule has 1 N–H and O–H groups in total. The molecule has 120 valence electrons. The van der Waals surface area contributed by atoms with Crippen LogP contribution in [0.25, 0.3) is 0 Å². The Kier molecular flexibility index (Phi) is 6.30. The highest BCUT2D eigenvalue weighted by Gasteiger charge is 2.25. The number of carbonyl (C=O) groups is 2. The maximum absolute atomic E-state index is 12.4. The summed E-state index contributed by atoms with van der Waals surface area (Å²) in [6.07, 6.45) is 0. The molecule has 0 radical (unpaired) electrons. The van der Waals surface area contributed by atoms with Crippen LogP contribution >= 0.6 is 11.6 Å². The molecule has 0 aromatic heterocycles. The zero-order chi connectivity index (χ0) is 16.9. The van der Waals surface area contributed by atoms with Gasteiger partial charge in [-0.2, -0.15) is 0 Å². The van der Waals surface area contributed by atoms with Crippen molar-refractivity contribution < 1.29 is 14.5 Å². The number of likely N-dealkylation sites (N-methyl/N-ethyl adjacent to an activating group) is 1. The van der Waals surface area contributed by atoms with Crippen molar-refractivity contribution in [3.63, 3.8) is 0 Å². The lowest BCUT2D eigenvalue weighted by Gasteiger charge is -2.21. The average Bonchev–Trinajstić information content (AvgIpc) is 2.43. The van der Waals surface area contributed by atoms with Crippen molar-refractivity contribution in [1.82, 2.24) is 10.2 Å². The molecule has 8 heteroatoms. The Morgan fingerprint density at radius 1 is 1.41 bits per heavy atom. The molecule has 7 nitrogen and oxygen atoms in total. The first-order valence-electron chi connectivity index (χ1n) is 6.78. The Morgan fingerprint density at radius 2 is 2.05 bits per heavy atom. The molecule has 0 fully saturated rings. The molecule has 22 heavy (non-hydrogen) atoms. The van der Waals surface area contributed by atoms with Crippen molar-refractivity contribution in [2.45, 2.75) is 26.8 Å². The number of nitro benzene ring substituents is 1. The fourth-order valence-electron chi connectivity index (χ4n) is 1.88. The molecule has 0 heterocycles. The minimum Gasteiger partial charge on any atom is -0.352 e. The number of hydrogen-bond donors (Lipinski definition) is 1. The average molecular weight is 328 g/mol. The van der Waals surface area contributed by atoms with E-state index < -0.39 is 10.8 Å². The summed E-state index contributed by atoms with van der Waals surface area (Å²) in [5, 5.41) is 13.9. The van der Waals surface area contributed by atoms with Gasteiger partial charge in [0.25, 0.3) is 11.6 Å². The topological polar surface area (TPSA) is 92.6 Å². The van der Waals surface area contributed by atoms with E-state index in [1.165, 1.54) is 17.0 Å². The minimum atomic E-state index is -0.666. The number of halogens is 1. The molecule has 1 aromatic carbocycles. The van der Waals surface area contributed by atoms with Gasteiger partial charge in [0.1, 0.15) is 5.56 Å². The lowest BCUT2D eigenvalue weighted by Crippen LogP contribution is -2.42. The van der Waals surface area contributed by atoms with Crippen LogP contribution in [0.3, 0.4) is 0 Å². The summed E-state index contributed by atoms with van der Waals surface area (Å²) >= 11 is 5.73. The summed E-state index contributed by atoms with van der Waals surface area (Å²) in [5.74, 6) is -0.897. The Morgan fingerprint density at radius 3 is 2.55 bits per heavy atom. The largest absolute Gasteiger partial charge is 0.352 e. The molecule has 2 amide bonds. The maximum Gasteiger partial charge on any atom is 0.283 e. The maximum atomic E-state index is 12.4. The molecule has 1 aromatic rings. The predicted molar refractivity (Wildman–Crippen MR) is 83.0 cm³/mol. The van der Waals surface area contributed by atoms with Crippen LogP contribution in [0.4, 0.5) is 5.69 Å². The second kappa shape index (κ2) is 7.74. The molecule has 0 bridgehead atoms. The first-order valence-corrected chi connectivity index (χ1v) is 7.16. The van der Waals surface area contributed by atoms with Crippen LogP contribution in [-0.4, -0.2) is 40.8 Å². The smallest absolute Gasteiger partial charge is 0.283 e. The molecule has 0 aliphatic carbocycles. The first-order chi connectivity index (χ1) is 10.3. The molecule has 1 rings (SSSR count). The van der Waals surface area contributed by atoms with Crippen molar-refractivity contribution in [2.75, 3.05) is 13.1 Å². The number of amides is 2. The number of nitrogens with one attached hydrogen (secondary N) is 1. The summed E-state index contributed by atoms with van der Waals surface area (Å²) < 4.78 is 0. The lowest BCUT2D eigenvalue weighted by molar-refractivity contribution is -0.385. The van der Waals surface area contributed by atoms with Crippen LogP contribution in [0.1, 0.15) is 31.1 Å². The molecular weight excluding hydrogens is 310 g/mol. The Hall–Kier alpha value is -2.15. The van der Waals surface area contributed by atoms with E-state index in [9.17, 15) is 19.7 Å². The van der Waals surface area contributed by atoms with Crippen molar-refractivity contribution in [1.29, 1.82) is 0 Å². The van der Waals surface area contributed by atoms with Crippen LogP contribution in [0.5, 0.6) is 0 Å². The van der Waals surface area contributed by atoms with E-state index in [0.717, 1.165) is 6.07 Å². The minimum absolute atomic E-state index is 0.0498. The molecule has 0 saturated carbocycles. The van der Waals surface area contributed by atoms with E-state index in [1.807, 2.05) is 0 Å². The molecule has 0 aliphatic rings. The number of benzene rings is 1.